The zero-order valence-corrected chi connectivity index (χ0v) is 14.5. The van der Waals surface area contributed by atoms with Gasteiger partial charge in [0.05, 0.1) is 0 Å². The summed E-state index contributed by atoms with van der Waals surface area (Å²) in [6.45, 7) is 13.4. The third-order valence-corrected chi connectivity index (χ3v) is 5.44. The SMILES string of the molecule is CC(C)CN1CCC(CCCC(C)C(C)CS)CC1. The van der Waals surface area contributed by atoms with Crippen molar-refractivity contribution in [3.05, 3.63) is 0 Å². The predicted molar refractivity (Wildman–Crippen MR) is 90.0 cm³/mol. The zero-order chi connectivity index (χ0) is 14.3. The largest absolute Gasteiger partial charge is 0.303 e. The molecule has 0 aromatic heterocycles. The maximum absolute atomic E-state index is 4.41. The third kappa shape index (κ3) is 7.04. The van der Waals surface area contributed by atoms with Crippen LogP contribution in [0.2, 0.25) is 0 Å². The normalized spacial score (nSPS) is 21.8. The van der Waals surface area contributed by atoms with Crippen LogP contribution >= 0.6 is 12.6 Å². The molecule has 0 bridgehead atoms. The summed E-state index contributed by atoms with van der Waals surface area (Å²) in [5, 5.41) is 0. The highest BCUT2D eigenvalue weighted by Gasteiger charge is 2.19. The van der Waals surface area contributed by atoms with Gasteiger partial charge in [0.1, 0.15) is 0 Å². The number of likely N-dealkylation sites (tertiary alicyclic amines) is 1. The molecular weight excluding hydrogens is 250 g/mol. The Balaban J connectivity index is 2.09. The summed E-state index contributed by atoms with van der Waals surface area (Å²) < 4.78 is 0. The molecule has 0 aliphatic carbocycles. The van der Waals surface area contributed by atoms with Gasteiger partial charge in [-0.1, -0.05) is 47.0 Å². The molecule has 1 saturated heterocycles. The topological polar surface area (TPSA) is 3.24 Å². The first-order valence-corrected chi connectivity index (χ1v) is 8.99. The Hall–Kier alpha value is 0.310. The van der Waals surface area contributed by atoms with E-state index in [1.807, 2.05) is 0 Å². The van der Waals surface area contributed by atoms with Crippen molar-refractivity contribution in [2.24, 2.45) is 23.7 Å². The summed E-state index contributed by atoms with van der Waals surface area (Å²) in [6, 6.07) is 0. The van der Waals surface area contributed by atoms with Gasteiger partial charge in [0.15, 0.2) is 0 Å². The molecule has 1 nitrogen and oxygen atoms in total. The molecule has 2 unspecified atom stereocenters. The summed E-state index contributed by atoms with van der Waals surface area (Å²) in [5.41, 5.74) is 0. The average molecular weight is 286 g/mol. The van der Waals surface area contributed by atoms with Gasteiger partial charge in [0, 0.05) is 6.54 Å². The molecule has 0 saturated carbocycles. The van der Waals surface area contributed by atoms with Crippen LogP contribution in [0, 0.1) is 23.7 Å². The van der Waals surface area contributed by atoms with E-state index in [1.165, 1.54) is 51.7 Å². The third-order valence-electron chi connectivity index (χ3n) is 4.86. The Morgan fingerprint density at radius 2 is 1.68 bits per heavy atom. The number of nitrogens with zero attached hydrogens (tertiary/aromatic N) is 1. The fraction of sp³-hybridized carbons (Fsp3) is 1.00. The number of piperidine rings is 1. The molecule has 2 heteroatoms. The maximum Gasteiger partial charge on any atom is 0.000439 e. The van der Waals surface area contributed by atoms with Crippen molar-refractivity contribution in [2.75, 3.05) is 25.4 Å². The molecule has 1 rings (SSSR count). The summed E-state index contributed by atoms with van der Waals surface area (Å²) in [7, 11) is 0. The Bertz CT molecular complexity index is 221. The van der Waals surface area contributed by atoms with Crippen molar-refractivity contribution >= 4 is 12.6 Å². The van der Waals surface area contributed by atoms with Crippen molar-refractivity contribution in [1.29, 1.82) is 0 Å². The first-order chi connectivity index (χ1) is 9.02. The molecule has 0 aromatic rings. The highest BCUT2D eigenvalue weighted by Crippen LogP contribution is 2.26. The van der Waals surface area contributed by atoms with E-state index < -0.39 is 0 Å². The highest BCUT2D eigenvalue weighted by molar-refractivity contribution is 7.80. The first-order valence-electron chi connectivity index (χ1n) is 8.36. The maximum atomic E-state index is 4.41. The lowest BCUT2D eigenvalue weighted by molar-refractivity contribution is 0.160. The van der Waals surface area contributed by atoms with E-state index in [0.29, 0.717) is 0 Å². The van der Waals surface area contributed by atoms with Gasteiger partial charge in [-0.3, -0.25) is 0 Å². The fourth-order valence-corrected chi connectivity index (χ4v) is 3.53. The van der Waals surface area contributed by atoms with Crippen LogP contribution in [0.25, 0.3) is 0 Å². The first kappa shape index (κ1) is 17.4. The predicted octanol–water partition coefficient (Wildman–Crippen LogP) is 4.73. The van der Waals surface area contributed by atoms with Crippen LogP contribution in [-0.4, -0.2) is 30.3 Å². The molecule has 0 spiro atoms. The van der Waals surface area contributed by atoms with Gasteiger partial charge in [-0.05, 0) is 55.4 Å². The highest BCUT2D eigenvalue weighted by atomic mass is 32.1. The van der Waals surface area contributed by atoms with Gasteiger partial charge in [-0.25, -0.2) is 0 Å². The van der Waals surface area contributed by atoms with Gasteiger partial charge in [0.2, 0.25) is 0 Å². The molecule has 1 aliphatic rings. The zero-order valence-electron chi connectivity index (χ0n) is 13.6. The summed E-state index contributed by atoms with van der Waals surface area (Å²) in [6.07, 6.45) is 7.15. The van der Waals surface area contributed by atoms with Crippen LogP contribution in [0.15, 0.2) is 0 Å². The van der Waals surface area contributed by atoms with Gasteiger partial charge in [-0.2, -0.15) is 12.6 Å². The standard InChI is InChI=1S/C17H35NS/c1-14(2)12-18-10-8-17(9-11-18)7-5-6-15(3)16(4)13-19/h14-17,19H,5-13H2,1-4H3. The van der Waals surface area contributed by atoms with Crippen LogP contribution in [0.1, 0.15) is 59.8 Å². The van der Waals surface area contributed by atoms with Gasteiger partial charge in [-0.15, -0.1) is 0 Å². The molecule has 19 heavy (non-hydrogen) atoms. The van der Waals surface area contributed by atoms with E-state index in [4.69, 9.17) is 0 Å². The van der Waals surface area contributed by atoms with Gasteiger partial charge >= 0.3 is 0 Å². The second-order valence-corrected chi connectivity index (χ2v) is 7.57. The van der Waals surface area contributed by atoms with Gasteiger partial charge in [0.25, 0.3) is 0 Å². The second kappa shape index (κ2) is 9.28. The lowest BCUT2D eigenvalue weighted by Gasteiger charge is -2.33. The Labute approximate surface area is 126 Å². The molecule has 1 aliphatic heterocycles. The van der Waals surface area contributed by atoms with Crippen LogP contribution < -0.4 is 0 Å². The second-order valence-electron chi connectivity index (χ2n) is 7.21. The minimum Gasteiger partial charge on any atom is -0.303 e. The minimum absolute atomic E-state index is 0.774. The van der Waals surface area contributed by atoms with E-state index in [9.17, 15) is 0 Å². The van der Waals surface area contributed by atoms with Crippen molar-refractivity contribution in [1.82, 2.24) is 4.90 Å². The molecular formula is C17H35NS. The van der Waals surface area contributed by atoms with Crippen LogP contribution in [0.5, 0.6) is 0 Å². The molecule has 114 valence electrons. The van der Waals surface area contributed by atoms with Gasteiger partial charge < -0.3 is 4.90 Å². The summed E-state index contributed by atoms with van der Waals surface area (Å²) in [5.74, 6) is 4.48. The fourth-order valence-electron chi connectivity index (χ4n) is 3.17. The Morgan fingerprint density at radius 3 is 2.21 bits per heavy atom. The Morgan fingerprint density at radius 1 is 1.05 bits per heavy atom. The summed E-state index contributed by atoms with van der Waals surface area (Å²) in [4.78, 5) is 2.66. The lowest BCUT2D eigenvalue weighted by atomic mass is 9.87. The quantitative estimate of drug-likeness (QED) is 0.631. The van der Waals surface area contributed by atoms with Crippen LogP contribution in [-0.2, 0) is 0 Å². The minimum atomic E-state index is 0.774. The molecule has 0 radical (unpaired) electrons. The van der Waals surface area contributed by atoms with Crippen molar-refractivity contribution in [3.63, 3.8) is 0 Å². The van der Waals surface area contributed by atoms with E-state index in [1.54, 1.807) is 0 Å². The van der Waals surface area contributed by atoms with Crippen LogP contribution in [0.4, 0.5) is 0 Å². The van der Waals surface area contributed by atoms with Crippen LogP contribution in [0.3, 0.4) is 0 Å². The van der Waals surface area contributed by atoms with Crippen molar-refractivity contribution in [3.8, 4) is 0 Å². The molecule has 1 fully saturated rings. The monoisotopic (exact) mass is 285 g/mol. The number of thiol groups is 1. The van der Waals surface area contributed by atoms with E-state index in [0.717, 1.165) is 29.4 Å². The molecule has 0 aromatic carbocycles. The molecule has 0 amide bonds. The lowest BCUT2D eigenvalue weighted by Crippen LogP contribution is -2.36. The van der Waals surface area contributed by atoms with Crippen molar-refractivity contribution in [2.45, 2.75) is 59.8 Å². The smallest absolute Gasteiger partial charge is 0.000439 e. The Kier molecular flexibility index (Phi) is 8.48. The summed E-state index contributed by atoms with van der Waals surface area (Å²) >= 11 is 4.41. The van der Waals surface area contributed by atoms with E-state index >= 15 is 0 Å². The number of hydrogen-bond donors (Lipinski definition) is 1. The number of hydrogen-bond acceptors (Lipinski definition) is 2. The average Bonchev–Trinajstić information content (AvgIpc) is 2.39. The van der Waals surface area contributed by atoms with E-state index in [-0.39, 0.29) is 0 Å². The number of rotatable bonds is 8. The molecule has 0 N–H and O–H groups in total. The molecule has 1 heterocycles. The van der Waals surface area contributed by atoms with E-state index in [2.05, 4.69) is 45.2 Å². The molecule has 2 atom stereocenters. The van der Waals surface area contributed by atoms with Crippen molar-refractivity contribution < 1.29 is 0 Å².